The molecule has 17 heavy (non-hydrogen) atoms. The highest BCUT2D eigenvalue weighted by molar-refractivity contribution is 5.53. The molecule has 1 aromatic rings. The van der Waals surface area contributed by atoms with Gasteiger partial charge in [0.05, 0.1) is 4.92 Å². The van der Waals surface area contributed by atoms with E-state index in [-0.39, 0.29) is 16.7 Å². The molecule has 0 radical (unpaired) electrons. The molecule has 92 valence electrons. The summed E-state index contributed by atoms with van der Waals surface area (Å²) in [4.78, 5) is 10.3. The largest absolute Gasteiger partial charge is 0.383 e. The van der Waals surface area contributed by atoms with Gasteiger partial charge in [0.25, 0.3) is 5.69 Å². The molecule has 3 N–H and O–H groups in total. The highest BCUT2D eigenvalue weighted by Crippen LogP contribution is 2.31. The van der Waals surface area contributed by atoms with Crippen molar-refractivity contribution in [1.82, 2.24) is 0 Å². The van der Waals surface area contributed by atoms with Gasteiger partial charge >= 0.3 is 0 Å². The van der Waals surface area contributed by atoms with Crippen LogP contribution in [0.2, 0.25) is 0 Å². The Hall–Kier alpha value is -1.62. The Morgan fingerprint density at radius 1 is 1.53 bits per heavy atom. The average Bonchev–Trinajstić information content (AvgIpc) is 3.08. The standard InChI is InChI=1S/C12H17N3O2/c1-8-4-10(6-11(5-8)15(16)17)14-7-12(13)9-2-3-9/h4-6,9,12,14H,2-3,7,13H2,1H3. The Kier molecular flexibility index (Phi) is 3.28. The van der Waals surface area contributed by atoms with Crippen molar-refractivity contribution in [2.75, 3.05) is 11.9 Å². The minimum atomic E-state index is -0.376. The number of nitrogens with zero attached hydrogens (tertiary/aromatic N) is 1. The summed E-state index contributed by atoms with van der Waals surface area (Å²) >= 11 is 0. The second kappa shape index (κ2) is 4.71. The van der Waals surface area contributed by atoms with Gasteiger partial charge in [-0.3, -0.25) is 10.1 Å². The summed E-state index contributed by atoms with van der Waals surface area (Å²) in [5, 5.41) is 13.9. The number of benzene rings is 1. The molecule has 1 unspecified atom stereocenters. The van der Waals surface area contributed by atoms with Crippen LogP contribution in [0, 0.1) is 23.0 Å². The normalized spacial score (nSPS) is 16.6. The zero-order valence-electron chi connectivity index (χ0n) is 9.85. The summed E-state index contributed by atoms with van der Waals surface area (Å²) in [5.41, 5.74) is 7.73. The fourth-order valence-electron chi connectivity index (χ4n) is 1.90. The highest BCUT2D eigenvalue weighted by Gasteiger charge is 2.28. The lowest BCUT2D eigenvalue weighted by Crippen LogP contribution is -2.31. The maximum atomic E-state index is 10.7. The lowest BCUT2D eigenvalue weighted by Gasteiger charge is -2.13. The summed E-state index contributed by atoms with van der Waals surface area (Å²) in [6.07, 6.45) is 2.41. The van der Waals surface area contributed by atoms with Crippen molar-refractivity contribution in [2.45, 2.75) is 25.8 Å². The van der Waals surface area contributed by atoms with E-state index in [1.807, 2.05) is 13.0 Å². The van der Waals surface area contributed by atoms with E-state index >= 15 is 0 Å². The maximum Gasteiger partial charge on any atom is 0.271 e. The Morgan fingerprint density at radius 2 is 2.24 bits per heavy atom. The number of aryl methyl sites for hydroxylation is 1. The number of anilines is 1. The molecule has 1 atom stereocenters. The van der Waals surface area contributed by atoms with Crippen molar-refractivity contribution in [3.8, 4) is 0 Å². The molecule has 1 aromatic carbocycles. The number of rotatable bonds is 5. The number of nitrogens with two attached hydrogens (primary N) is 1. The first-order chi connectivity index (χ1) is 8.06. The molecule has 0 saturated heterocycles. The van der Waals surface area contributed by atoms with E-state index in [2.05, 4.69) is 5.32 Å². The number of nitrogens with one attached hydrogen (secondary N) is 1. The third-order valence-electron chi connectivity index (χ3n) is 3.04. The van der Waals surface area contributed by atoms with Crippen LogP contribution in [0.3, 0.4) is 0 Å². The Bertz CT molecular complexity index is 430. The minimum Gasteiger partial charge on any atom is -0.383 e. The number of hydrogen-bond acceptors (Lipinski definition) is 4. The lowest BCUT2D eigenvalue weighted by molar-refractivity contribution is -0.384. The van der Waals surface area contributed by atoms with Gasteiger partial charge < -0.3 is 11.1 Å². The summed E-state index contributed by atoms with van der Waals surface area (Å²) < 4.78 is 0. The van der Waals surface area contributed by atoms with Crippen molar-refractivity contribution in [3.63, 3.8) is 0 Å². The van der Waals surface area contributed by atoms with Gasteiger partial charge in [-0.2, -0.15) is 0 Å². The van der Waals surface area contributed by atoms with Crippen LogP contribution < -0.4 is 11.1 Å². The maximum absolute atomic E-state index is 10.7. The summed E-state index contributed by atoms with van der Waals surface area (Å²) in [6.45, 7) is 2.52. The lowest BCUT2D eigenvalue weighted by atomic mass is 10.1. The van der Waals surface area contributed by atoms with Crippen molar-refractivity contribution in [1.29, 1.82) is 0 Å². The highest BCUT2D eigenvalue weighted by atomic mass is 16.6. The van der Waals surface area contributed by atoms with Gasteiger partial charge in [-0.1, -0.05) is 0 Å². The topological polar surface area (TPSA) is 81.2 Å². The van der Waals surface area contributed by atoms with E-state index in [4.69, 9.17) is 5.73 Å². The quantitative estimate of drug-likeness (QED) is 0.604. The Labute approximate surface area is 100 Å². The molecule has 0 bridgehead atoms. The third kappa shape index (κ3) is 3.17. The van der Waals surface area contributed by atoms with E-state index in [1.165, 1.54) is 12.8 Å². The molecule has 2 rings (SSSR count). The van der Waals surface area contributed by atoms with Crippen LogP contribution in [-0.4, -0.2) is 17.5 Å². The SMILES string of the molecule is Cc1cc(NCC(N)C2CC2)cc([N+](=O)[O-])c1. The van der Waals surface area contributed by atoms with Crippen LogP contribution in [0.5, 0.6) is 0 Å². The molecule has 0 amide bonds. The van der Waals surface area contributed by atoms with Crippen LogP contribution in [0.4, 0.5) is 11.4 Å². The molecule has 5 heteroatoms. The summed E-state index contributed by atoms with van der Waals surface area (Å²) in [5.74, 6) is 0.627. The van der Waals surface area contributed by atoms with E-state index in [0.717, 1.165) is 11.3 Å². The smallest absolute Gasteiger partial charge is 0.271 e. The van der Waals surface area contributed by atoms with Crippen LogP contribution in [0.25, 0.3) is 0 Å². The van der Waals surface area contributed by atoms with Crippen LogP contribution in [-0.2, 0) is 0 Å². The average molecular weight is 235 g/mol. The molecule has 5 nitrogen and oxygen atoms in total. The number of nitro groups is 1. The number of non-ortho nitro benzene ring substituents is 1. The Balaban J connectivity index is 2.01. The second-order valence-corrected chi connectivity index (χ2v) is 4.70. The molecule has 1 fully saturated rings. The molecule has 0 aromatic heterocycles. The van der Waals surface area contributed by atoms with Gasteiger partial charge in [0.1, 0.15) is 0 Å². The van der Waals surface area contributed by atoms with Gasteiger partial charge in [0, 0.05) is 30.4 Å². The van der Waals surface area contributed by atoms with Crippen LogP contribution in [0.1, 0.15) is 18.4 Å². The van der Waals surface area contributed by atoms with Gasteiger partial charge in [-0.05, 0) is 37.3 Å². The van der Waals surface area contributed by atoms with E-state index < -0.39 is 0 Å². The molecule has 1 saturated carbocycles. The zero-order chi connectivity index (χ0) is 12.4. The zero-order valence-corrected chi connectivity index (χ0v) is 9.85. The first kappa shape index (κ1) is 11.9. The molecule has 0 spiro atoms. The van der Waals surface area contributed by atoms with E-state index in [0.29, 0.717) is 12.5 Å². The molecular formula is C12H17N3O2. The van der Waals surface area contributed by atoms with Gasteiger partial charge in [0.15, 0.2) is 0 Å². The molecule has 0 heterocycles. The second-order valence-electron chi connectivity index (χ2n) is 4.70. The molecular weight excluding hydrogens is 218 g/mol. The minimum absolute atomic E-state index is 0.118. The predicted octanol–water partition coefficient (Wildman–Crippen LogP) is 2.05. The third-order valence-corrected chi connectivity index (χ3v) is 3.04. The Morgan fingerprint density at radius 3 is 2.82 bits per heavy atom. The van der Waals surface area contributed by atoms with E-state index in [9.17, 15) is 10.1 Å². The first-order valence-corrected chi connectivity index (χ1v) is 5.82. The summed E-state index contributed by atoms with van der Waals surface area (Å²) in [6, 6.07) is 5.15. The van der Waals surface area contributed by atoms with Gasteiger partial charge in [-0.25, -0.2) is 0 Å². The van der Waals surface area contributed by atoms with E-state index in [1.54, 1.807) is 12.1 Å². The van der Waals surface area contributed by atoms with Gasteiger partial charge in [0.2, 0.25) is 0 Å². The molecule has 1 aliphatic carbocycles. The molecule has 0 aliphatic heterocycles. The van der Waals surface area contributed by atoms with Crippen molar-refractivity contribution < 1.29 is 4.92 Å². The number of hydrogen-bond donors (Lipinski definition) is 2. The number of nitro benzene ring substituents is 1. The van der Waals surface area contributed by atoms with Crippen LogP contribution in [0.15, 0.2) is 18.2 Å². The van der Waals surface area contributed by atoms with Crippen molar-refractivity contribution >= 4 is 11.4 Å². The van der Waals surface area contributed by atoms with Crippen LogP contribution >= 0.6 is 0 Å². The monoisotopic (exact) mass is 235 g/mol. The fourth-order valence-corrected chi connectivity index (χ4v) is 1.90. The van der Waals surface area contributed by atoms with Crippen molar-refractivity contribution in [3.05, 3.63) is 33.9 Å². The fraction of sp³-hybridized carbons (Fsp3) is 0.500. The summed E-state index contributed by atoms with van der Waals surface area (Å²) in [7, 11) is 0. The van der Waals surface area contributed by atoms with Gasteiger partial charge in [-0.15, -0.1) is 0 Å². The van der Waals surface area contributed by atoms with Crippen molar-refractivity contribution in [2.24, 2.45) is 11.7 Å². The predicted molar refractivity (Wildman–Crippen MR) is 67.0 cm³/mol. The first-order valence-electron chi connectivity index (χ1n) is 5.82. The molecule has 1 aliphatic rings.